The van der Waals surface area contributed by atoms with Crippen LogP contribution >= 0.6 is 11.3 Å². The molecule has 0 fully saturated rings. The van der Waals surface area contributed by atoms with Crippen LogP contribution in [-0.4, -0.2) is 7.28 Å². The SMILES string of the molecule is Cc1cc(-c2ccc3sc4ccccc4c3c2Nc2ccc3c(c2)C(C)(C)CCC3(C)C)c2c(c1)N1c3ccccc3C(c3ccccc3)(c3ccccc3)c3cccc(c31)[B]2. The van der Waals surface area contributed by atoms with E-state index in [0.717, 1.165) is 5.69 Å². The molecule has 0 saturated carbocycles. The van der Waals surface area contributed by atoms with Crippen molar-refractivity contribution in [3.8, 4) is 11.1 Å². The second-order valence-electron chi connectivity index (χ2n) is 19.1. The second kappa shape index (κ2) is 13.6. The molecule has 3 heterocycles. The number of benzene rings is 8. The van der Waals surface area contributed by atoms with E-state index in [4.69, 9.17) is 0 Å². The molecular weight excluding hydrogens is 768 g/mol. The minimum atomic E-state index is -0.514. The molecule has 0 saturated heterocycles. The fourth-order valence-electron chi connectivity index (χ4n) is 11.4. The zero-order valence-electron chi connectivity index (χ0n) is 36.0. The zero-order chi connectivity index (χ0) is 42.0. The van der Waals surface area contributed by atoms with Gasteiger partial charge in [0.25, 0.3) is 0 Å². The van der Waals surface area contributed by atoms with Crippen LogP contribution in [0.1, 0.15) is 79.5 Å². The minimum absolute atomic E-state index is 0.104. The van der Waals surface area contributed by atoms with Crippen LogP contribution in [-0.2, 0) is 16.2 Å². The lowest BCUT2D eigenvalue weighted by atomic mass is 9.54. The van der Waals surface area contributed by atoms with Crippen LogP contribution < -0.4 is 21.1 Å². The fourth-order valence-corrected chi connectivity index (χ4v) is 12.5. The highest BCUT2D eigenvalue weighted by molar-refractivity contribution is 7.26. The molecule has 1 radical (unpaired) electrons. The Morgan fingerprint density at radius 3 is 2.00 bits per heavy atom. The van der Waals surface area contributed by atoms with Gasteiger partial charge in [0.1, 0.15) is 0 Å². The first-order valence-corrected chi connectivity index (χ1v) is 23.0. The first-order valence-electron chi connectivity index (χ1n) is 22.1. The summed E-state index contributed by atoms with van der Waals surface area (Å²) in [5.74, 6) is 0. The second-order valence-corrected chi connectivity index (χ2v) is 20.2. The van der Waals surface area contributed by atoms with Crippen LogP contribution in [0.15, 0.2) is 170 Å². The molecular formula is C58H48BN2S. The van der Waals surface area contributed by atoms with Gasteiger partial charge < -0.3 is 10.2 Å². The molecule has 0 atom stereocenters. The average Bonchev–Trinajstić information content (AvgIpc) is 3.68. The number of hydrogen-bond donors (Lipinski definition) is 1. The summed E-state index contributed by atoms with van der Waals surface area (Å²) in [7, 11) is 2.47. The Morgan fingerprint density at radius 1 is 0.548 bits per heavy atom. The summed E-state index contributed by atoms with van der Waals surface area (Å²) in [6.07, 6.45) is 2.38. The molecule has 2 nitrogen and oxygen atoms in total. The van der Waals surface area contributed by atoms with E-state index in [-0.39, 0.29) is 10.8 Å². The first kappa shape index (κ1) is 37.4. The molecule has 1 aromatic heterocycles. The number of hydrogen-bond acceptors (Lipinski definition) is 3. The Balaban J connectivity index is 1.11. The van der Waals surface area contributed by atoms with Crippen molar-refractivity contribution in [2.45, 2.75) is 63.7 Å². The largest absolute Gasteiger partial charge is 0.354 e. The Kier molecular flexibility index (Phi) is 8.19. The van der Waals surface area contributed by atoms with Gasteiger partial charge in [0.15, 0.2) is 7.28 Å². The molecule has 4 heteroatoms. The molecule has 8 aromatic carbocycles. The zero-order valence-corrected chi connectivity index (χ0v) is 36.8. The number of nitrogens with one attached hydrogen (secondary N) is 1. The van der Waals surface area contributed by atoms with Crippen molar-refractivity contribution in [2.24, 2.45) is 0 Å². The summed E-state index contributed by atoms with van der Waals surface area (Å²) in [5.41, 5.74) is 19.9. The lowest BCUT2D eigenvalue weighted by Gasteiger charge is -2.49. The van der Waals surface area contributed by atoms with Crippen molar-refractivity contribution in [3.63, 3.8) is 0 Å². The van der Waals surface area contributed by atoms with E-state index in [2.05, 4.69) is 222 Å². The Labute approximate surface area is 370 Å². The molecule has 2 aliphatic heterocycles. The van der Waals surface area contributed by atoms with Gasteiger partial charge in [-0.2, -0.15) is 0 Å². The van der Waals surface area contributed by atoms with Crippen molar-refractivity contribution in [1.82, 2.24) is 0 Å². The Hall–Kier alpha value is -6.36. The van der Waals surface area contributed by atoms with E-state index in [1.807, 2.05) is 11.3 Å². The summed E-state index contributed by atoms with van der Waals surface area (Å²) >= 11 is 1.88. The number of anilines is 5. The summed E-state index contributed by atoms with van der Waals surface area (Å²) in [5, 5.41) is 6.72. The van der Waals surface area contributed by atoms with Crippen molar-refractivity contribution < 1.29 is 0 Å². The maximum Gasteiger partial charge on any atom is 0.197 e. The van der Waals surface area contributed by atoms with Gasteiger partial charge in [-0.05, 0) is 117 Å². The van der Waals surface area contributed by atoms with Crippen LogP contribution in [0.2, 0.25) is 0 Å². The van der Waals surface area contributed by atoms with E-state index in [1.165, 1.54) is 117 Å². The van der Waals surface area contributed by atoms with Gasteiger partial charge in [-0.15, -0.1) is 11.3 Å². The van der Waals surface area contributed by atoms with Gasteiger partial charge >= 0.3 is 0 Å². The van der Waals surface area contributed by atoms with Crippen LogP contribution in [0.3, 0.4) is 0 Å². The van der Waals surface area contributed by atoms with Crippen LogP contribution in [0.4, 0.5) is 28.4 Å². The summed E-state index contributed by atoms with van der Waals surface area (Å²) < 4.78 is 2.60. The highest BCUT2D eigenvalue weighted by atomic mass is 32.1. The smallest absolute Gasteiger partial charge is 0.197 e. The van der Waals surface area contributed by atoms with Gasteiger partial charge in [-0.1, -0.05) is 167 Å². The predicted molar refractivity (Wildman–Crippen MR) is 266 cm³/mol. The van der Waals surface area contributed by atoms with Crippen LogP contribution in [0, 0.1) is 6.92 Å². The average molecular weight is 816 g/mol. The molecule has 1 N–H and O–H groups in total. The molecule has 3 aliphatic rings. The monoisotopic (exact) mass is 815 g/mol. The van der Waals surface area contributed by atoms with E-state index in [1.54, 1.807) is 0 Å². The molecule has 62 heavy (non-hydrogen) atoms. The minimum Gasteiger partial charge on any atom is -0.354 e. The highest BCUT2D eigenvalue weighted by Crippen LogP contribution is 2.58. The molecule has 9 aromatic rings. The molecule has 0 amide bonds. The fraction of sp³-hybridized carbons (Fsp3) is 0.172. The summed E-state index contributed by atoms with van der Waals surface area (Å²) in [4.78, 5) is 2.58. The number of aryl methyl sites for hydroxylation is 1. The van der Waals surface area contributed by atoms with E-state index < -0.39 is 5.41 Å². The van der Waals surface area contributed by atoms with E-state index in [0.29, 0.717) is 0 Å². The number of nitrogens with zero attached hydrogens (tertiary/aromatic N) is 1. The standard InChI is InChI=1S/C58H48BN2S/c1-36-33-42(40-28-30-51-52(41-21-12-15-26-50(41)62-51)54(40)60-39-27-29-43-46(35-39)57(4,5)32-31-56(43,2)3)53-49(34-36)61-48-25-14-13-22-44(48)58(37-17-8-6-9-18-37,38-19-10-7-11-20-38)45-23-16-24-47(59-53)55(45)61/h6-30,33-35,60H,31-32H2,1-5H3. The van der Waals surface area contributed by atoms with Crippen molar-refractivity contribution in [2.75, 3.05) is 10.2 Å². The molecule has 299 valence electrons. The first-order chi connectivity index (χ1) is 30.1. The quantitative estimate of drug-likeness (QED) is 0.174. The third kappa shape index (κ3) is 5.35. The molecule has 0 spiro atoms. The Bertz CT molecular complexity index is 3230. The van der Waals surface area contributed by atoms with Crippen molar-refractivity contribution in [1.29, 1.82) is 0 Å². The van der Waals surface area contributed by atoms with E-state index >= 15 is 0 Å². The van der Waals surface area contributed by atoms with Crippen LogP contribution in [0.25, 0.3) is 31.3 Å². The summed E-state index contributed by atoms with van der Waals surface area (Å²) in [6, 6.07) is 64.0. The molecule has 12 rings (SSSR count). The van der Waals surface area contributed by atoms with Crippen molar-refractivity contribution >= 4 is 78.2 Å². The van der Waals surface area contributed by atoms with Crippen molar-refractivity contribution in [3.05, 3.63) is 209 Å². The molecule has 0 bridgehead atoms. The topological polar surface area (TPSA) is 15.3 Å². The van der Waals surface area contributed by atoms with Gasteiger partial charge in [-0.25, -0.2) is 0 Å². The number of thiophene rings is 1. The lowest BCUT2D eigenvalue weighted by molar-refractivity contribution is 0.332. The molecule has 1 aliphatic carbocycles. The normalized spacial score (nSPS) is 16.2. The maximum atomic E-state index is 4.14. The number of para-hydroxylation sites is 2. The predicted octanol–water partition coefficient (Wildman–Crippen LogP) is 14.3. The summed E-state index contributed by atoms with van der Waals surface area (Å²) in [6.45, 7) is 11.9. The number of fused-ring (bicyclic) bond motifs is 8. The third-order valence-corrected chi connectivity index (χ3v) is 15.6. The van der Waals surface area contributed by atoms with Crippen LogP contribution in [0.5, 0.6) is 0 Å². The van der Waals surface area contributed by atoms with Gasteiger partial charge in [0.2, 0.25) is 0 Å². The maximum absolute atomic E-state index is 4.14. The van der Waals surface area contributed by atoms with Gasteiger partial charge in [0, 0.05) is 42.8 Å². The van der Waals surface area contributed by atoms with E-state index in [9.17, 15) is 0 Å². The molecule has 0 unspecified atom stereocenters. The highest BCUT2D eigenvalue weighted by Gasteiger charge is 2.48. The number of rotatable bonds is 5. The third-order valence-electron chi connectivity index (χ3n) is 14.5. The lowest BCUT2D eigenvalue weighted by Crippen LogP contribution is -2.47. The van der Waals surface area contributed by atoms with Gasteiger partial charge in [-0.3, -0.25) is 0 Å². The van der Waals surface area contributed by atoms with Gasteiger partial charge in [0.05, 0.1) is 16.8 Å². The Morgan fingerprint density at radius 2 is 1.23 bits per heavy atom.